The van der Waals surface area contributed by atoms with Gasteiger partial charge in [-0.1, -0.05) is 35.5 Å². The highest BCUT2D eigenvalue weighted by molar-refractivity contribution is 5.99. The Morgan fingerprint density at radius 3 is 2.44 bits per heavy atom. The average Bonchev–Trinajstić information content (AvgIpc) is 3.16. The van der Waals surface area contributed by atoms with Crippen LogP contribution in [0.2, 0.25) is 0 Å². The molecule has 0 bridgehead atoms. The molecule has 7 heteroatoms. The number of aryl methyl sites for hydroxylation is 1. The third-order valence-electron chi connectivity index (χ3n) is 4.13. The first-order valence-electron chi connectivity index (χ1n) is 8.51. The van der Waals surface area contributed by atoms with Crippen molar-refractivity contribution in [2.24, 2.45) is 0 Å². The molecule has 7 nitrogen and oxygen atoms in total. The van der Waals surface area contributed by atoms with Crippen molar-refractivity contribution in [2.75, 3.05) is 20.8 Å². The second-order valence-corrected chi connectivity index (χ2v) is 5.87. The first-order chi connectivity index (χ1) is 13.1. The van der Waals surface area contributed by atoms with E-state index in [1.807, 2.05) is 31.2 Å². The third-order valence-corrected chi connectivity index (χ3v) is 4.13. The fourth-order valence-corrected chi connectivity index (χ4v) is 2.74. The molecule has 0 fully saturated rings. The monoisotopic (exact) mass is 367 g/mol. The van der Waals surface area contributed by atoms with Crippen LogP contribution in [0.15, 0.2) is 47.0 Å². The van der Waals surface area contributed by atoms with E-state index in [9.17, 15) is 4.79 Å². The molecule has 3 aromatic rings. The molecule has 3 rings (SSSR count). The number of hydrogen-bond donors (Lipinski definition) is 1. The van der Waals surface area contributed by atoms with E-state index in [0.717, 1.165) is 11.1 Å². The van der Waals surface area contributed by atoms with Crippen molar-refractivity contribution in [3.8, 4) is 22.9 Å². The second-order valence-electron chi connectivity index (χ2n) is 5.87. The van der Waals surface area contributed by atoms with Gasteiger partial charge in [-0.25, -0.2) is 0 Å². The van der Waals surface area contributed by atoms with Crippen LogP contribution >= 0.6 is 0 Å². The maximum absolute atomic E-state index is 12.5. The molecule has 0 saturated carbocycles. The number of methoxy groups -OCH3 is 2. The summed E-state index contributed by atoms with van der Waals surface area (Å²) < 4.78 is 15.8. The number of carbonyl (C=O) groups is 1. The van der Waals surface area contributed by atoms with E-state index >= 15 is 0 Å². The zero-order valence-electron chi connectivity index (χ0n) is 15.5. The quantitative estimate of drug-likeness (QED) is 0.691. The summed E-state index contributed by atoms with van der Waals surface area (Å²) in [5, 5.41) is 6.85. The number of ether oxygens (including phenoxy) is 2. The van der Waals surface area contributed by atoms with Gasteiger partial charge >= 0.3 is 0 Å². The van der Waals surface area contributed by atoms with Crippen LogP contribution in [0.4, 0.5) is 0 Å². The third kappa shape index (κ3) is 4.08. The van der Waals surface area contributed by atoms with Gasteiger partial charge in [-0.2, -0.15) is 4.98 Å². The van der Waals surface area contributed by atoms with Gasteiger partial charge in [0, 0.05) is 18.5 Å². The standard InChI is InChI=1S/C20H21N3O4/c1-13-7-4-5-8-14(13)19-22-17(27-23-19)11-12-21-20(24)18-15(25-2)9-6-10-16(18)26-3/h4-10H,11-12H2,1-3H3,(H,21,24). The van der Waals surface area contributed by atoms with Crippen molar-refractivity contribution in [3.05, 3.63) is 59.5 Å². The summed E-state index contributed by atoms with van der Waals surface area (Å²) in [6.07, 6.45) is 0.419. The fourth-order valence-electron chi connectivity index (χ4n) is 2.74. The van der Waals surface area contributed by atoms with Crippen LogP contribution in [0.1, 0.15) is 21.8 Å². The molecule has 0 atom stereocenters. The van der Waals surface area contributed by atoms with E-state index in [4.69, 9.17) is 14.0 Å². The maximum atomic E-state index is 12.5. The molecule has 0 aliphatic heterocycles. The first kappa shape index (κ1) is 18.4. The van der Waals surface area contributed by atoms with Crippen LogP contribution < -0.4 is 14.8 Å². The number of rotatable bonds is 7. The lowest BCUT2D eigenvalue weighted by Crippen LogP contribution is -2.26. The van der Waals surface area contributed by atoms with Gasteiger partial charge in [0.15, 0.2) is 0 Å². The van der Waals surface area contributed by atoms with Crippen molar-refractivity contribution >= 4 is 5.91 Å². The topological polar surface area (TPSA) is 86.5 Å². The lowest BCUT2D eigenvalue weighted by Gasteiger charge is -2.12. The van der Waals surface area contributed by atoms with Crippen LogP contribution in [0.25, 0.3) is 11.4 Å². The van der Waals surface area contributed by atoms with Gasteiger partial charge in [0.25, 0.3) is 5.91 Å². The molecule has 0 radical (unpaired) electrons. The molecule has 140 valence electrons. The largest absolute Gasteiger partial charge is 0.496 e. The van der Waals surface area contributed by atoms with Crippen molar-refractivity contribution in [2.45, 2.75) is 13.3 Å². The van der Waals surface area contributed by atoms with Crippen molar-refractivity contribution in [1.29, 1.82) is 0 Å². The van der Waals surface area contributed by atoms with E-state index in [0.29, 0.717) is 41.7 Å². The van der Waals surface area contributed by atoms with Gasteiger partial charge in [-0.05, 0) is 24.6 Å². The fraction of sp³-hybridized carbons (Fsp3) is 0.250. The number of benzene rings is 2. The Bertz CT molecular complexity index is 914. The number of nitrogens with zero attached hydrogens (tertiary/aromatic N) is 2. The molecular weight excluding hydrogens is 346 g/mol. The minimum absolute atomic E-state index is 0.289. The molecule has 0 spiro atoms. The zero-order chi connectivity index (χ0) is 19.2. The number of hydrogen-bond acceptors (Lipinski definition) is 6. The van der Waals surface area contributed by atoms with Gasteiger partial charge in [0.2, 0.25) is 11.7 Å². The lowest BCUT2D eigenvalue weighted by atomic mass is 10.1. The number of aromatic nitrogens is 2. The highest BCUT2D eigenvalue weighted by Gasteiger charge is 2.18. The van der Waals surface area contributed by atoms with Gasteiger partial charge in [-0.3, -0.25) is 4.79 Å². The Kier molecular flexibility index (Phi) is 5.71. The Morgan fingerprint density at radius 1 is 1.07 bits per heavy atom. The molecule has 0 unspecified atom stereocenters. The minimum atomic E-state index is -0.289. The summed E-state index contributed by atoms with van der Waals surface area (Å²) >= 11 is 0. The Morgan fingerprint density at radius 2 is 1.78 bits per heavy atom. The number of nitrogens with one attached hydrogen (secondary N) is 1. The molecule has 1 amide bonds. The molecule has 1 heterocycles. The predicted octanol–water partition coefficient (Wildman–Crippen LogP) is 3.03. The SMILES string of the molecule is COc1cccc(OC)c1C(=O)NCCc1nc(-c2ccccc2C)no1. The highest BCUT2D eigenvalue weighted by Crippen LogP contribution is 2.28. The van der Waals surface area contributed by atoms with E-state index < -0.39 is 0 Å². The van der Waals surface area contributed by atoms with Crippen LogP contribution in [0.3, 0.4) is 0 Å². The number of carbonyl (C=O) groups excluding carboxylic acids is 1. The summed E-state index contributed by atoms with van der Waals surface area (Å²) in [5.41, 5.74) is 2.35. The molecule has 1 N–H and O–H groups in total. The highest BCUT2D eigenvalue weighted by atomic mass is 16.5. The lowest BCUT2D eigenvalue weighted by molar-refractivity contribution is 0.0947. The Balaban J connectivity index is 1.64. The van der Waals surface area contributed by atoms with Crippen molar-refractivity contribution < 1.29 is 18.8 Å². The molecular formula is C20H21N3O4. The smallest absolute Gasteiger partial charge is 0.258 e. The van der Waals surface area contributed by atoms with Crippen LogP contribution in [-0.2, 0) is 6.42 Å². The van der Waals surface area contributed by atoms with Crippen LogP contribution in [-0.4, -0.2) is 36.8 Å². The van der Waals surface area contributed by atoms with Crippen LogP contribution in [0, 0.1) is 6.92 Å². The van der Waals surface area contributed by atoms with Gasteiger partial charge in [0.1, 0.15) is 17.1 Å². The second kappa shape index (κ2) is 8.35. The molecule has 27 heavy (non-hydrogen) atoms. The summed E-state index contributed by atoms with van der Waals surface area (Å²) in [6.45, 7) is 2.33. The summed E-state index contributed by atoms with van der Waals surface area (Å²) in [5.74, 6) is 1.61. The maximum Gasteiger partial charge on any atom is 0.258 e. The average molecular weight is 367 g/mol. The predicted molar refractivity (Wildman–Crippen MR) is 100 cm³/mol. The van der Waals surface area contributed by atoms with Crippen LogP contribution in [0.5, 0.6) is 11.5 Å². The van der Waals surface area contributed by atoms with Crippen molar-refractivity contribution in [1.82, 2.24) is 15.5 Å². The molecule has 0 aliphatic rings. The zero-order valence-corrected chi connectivity index (χ0v) is 15.5. The summed E-state index contributed by atoms with van der Waals surface area (Å²) in [4.78, 5) is 16.9. The molecule has 2 aromatic carbocycles. The summed E-state index contributed by atoms with van der Waals surface area (Å²) in [7, 11) is 3.02. The first-order valence-corrected chi connectivity index (χ1v) is 8.51. The van der Waals surface area contributed by atoms with Crippen molar-refractivity contribution in [3.63, 3.8) is 0 Å². The number of amides is 1. The van der Waals surface area contributed by atoms with E-state index in [2.05, 4.69) is 15.5 Å². The van der Waals surface area contributed by atoms with E-state index in [-0.39, 0.29) is 5.91 Å². The molecule has 0 aliphatic carbocycles. The minimum Gasteiger partial charge on any atom is -0.496 e. The van der Waals surface area contributed by atoms with Gasteiger partial charge in [0.05, 0.1) is 14.2 Å². The van der Waals surface area contributed by atoms with Gasteiger partial charge < -0.3 is 19.3 Å². The van der Waals surface area contributed by atoms with E-state index in [1.54, 1.807) is 18.2 Å². The van der Waals surface area contributed by atoms with E-state index in [1.165, 1.54) is 14.2 Å². The normalized spacial score (nSPS) is 10.5. The van der Waals surface area contributed by atoms with Gasteiger partial charge in [-0.15, -0.1) is 0 Å². The summed E-state index contributed by atoms with van der Waals surface area (Å²) in [6, 6.07) is 13.0. The molecule has 1 aromatic heterocycles. The molecule has 0 saturated heterocycles. The Hall–Kier alpha value is -3.35. The Labute approximate surface area is 157 Å².